The van der Waals surface area contributed by atoms with Gasteiger partial charge in [-0.2, -0.15) is 0 Å². The van der Waals surface area contributed by atoms with E-state index in [1.165, 1.54) is 0 Å². The average molecular weight is 407 g/mol. The van der Waals surface area contributed by atoms with Crippen molar-refractivity contribution in [1.82, 2.24) is 0 Å². The van der Waals surface area contributed by atoms with E-state index in [0.29, 0.717) is 6.42 Å². The number of hydrogen-bond acceptors (Lipinski definition) is 2. The molecule has 1 atom stereocenters. The fourth-order valence-electron chi connectivity index (χ4n) is 1.61. The van der Waals surface area contributed by atoms with Crippen molar-refractivity contribution < 1.29 is 9.52 Å². The Hall–Kier alpha value is -0.330. The summed E-state index contributed by atoms with van der Waals surface area (Å²) in [6.45, 7) is 1.76. The molecule has 1 heterocycles. The Balaban J connectivity index is 2.33. The van der Waals surface area contributed by atoms with Gasteiger partial charge in [0.1, 0.15) is 11.5 Å². The highest BCUT2D eigenvalue weighted by Gasteiger charge is 2.10. The summed E-state index contributed by atoms with van der Waals surface area (Å²) < 4.78 is 7.90. The van der Waals surface area contributed by atoms with Gasteiger partial charge in [0.2, 0.25) is 0 Å². The number of aliphatic hydroxyl groups is 1. The smallest absolute Gasteiger partial charge is 0.135 e. The predicted molar refractivity (Wildman–Crippen MR) is 79.9 cm³/mol. The summed E-state index contributed by atoms with van der Waals surface area (Å²) >= 11 is 5.74. The first-order chi connectivity index (χ1) is 8.06. The van der Waals surface area contributed by atoms with Crippen LogP contribution < -0.4 is 0 Å². The molecular formula is C13H12BrIO2. The molecule has 0 aliphatic rings. The van der Waals surface area contributed by atoms with E-state index in [2.05, 4.69) is 38.5 Å². The lowest BCUT2D eigenvalue weighted by Gasteiger charge is -2.03. The highest BCUT2D eigenvalue weighted by molar-refractivity contribution is 14.1. The Morgan fingerprint density at radius 1 is 1.35 bits per heavy atom. The molecule has 0 fully saturated rings. The summed E-state index contributed by atoms with van der Waals surface area (Å²) in [7, 11) is 0. The van der Waals surface area contributed by atoms with Crippen LogP contribution in [-0.4, -0.2) is 11.2 Å². The zero-order chi connectivity index (χ0) is 12.4. The summed E-state index contributed by atoms with van der Waals surface area (Å²) in [6.07, 6.45) is 0.167. The van der Waals surface area contributed by atoms with E-state index in [1.54, 1.807) is 6.92 Å². The lowest BCUT2D eigenvalue weighted by Crippen LogP contribution is -2.02. The Bertz CT molecular complexity index is 520. The van der Waals surface area contributed by atoms with Gasteiger partial charge >= 0.3 is 0 Å². The first-order valence-electron chi connectivity index (χ1n) is 5.28. The third-order valence-corrected chi connectivity index (χ3v) is 3.79. The van der Waals surface area contributed by atoms with E-state index in [1.807, 2.05) is 30.3 Å². The molecule has 0 saturated carbocycles. The van der Waals surface area contributed by atoms with Gasteiger partial charge in [0.15, 0.2) is 0 Å². The van der Waals surface area contributed by atoms with Crippen LogP contribution in [0.25, 0.3) is 11.3 Å². The number of aliphatic hydroxyl groups excluding tert-OH is 1. The van der Waals surface area contributed by atoms with Crippen molar-refractivity contribution in [3.05, 3.63) is 44.1 Å². The van der Waals surface area contributed by atoms with Gasteiger partial charge in [0.25, 0.3) is 0 Å². The largest absolute Gasteiger partial charge is 0.461 e. The molecule has 0 amide bonds. The lowest BCUT2D eigenvalue weighted by atomic mass is 10.2. The predicted octanol–water partition coefficient (Wildman–Crippen LogP) is 4.24. The first-order valence-corrected chi connectivity index (χ1v) is 7.15. The number of furan rings is 1. The number of halogens is 2. The van der Waals surface area contributed by atoms with Crippen LogP contribution in [0.15, 0.2) is 39.2 Å². The minimum Gasteiger partial charge on any atom is -0.461 e. The van der Waals surface area contributed by atoms with Gasteiger partial charge in [-0.05, 0) is 59.8 Å². The van der Waals surface area contributed by atoms with Gasteiger partial charge in [-0.25, -0.2) is 0 Å². The quantitative estimate of drug-likeness (QED) is 0.773. The second-order valence-corrected chi connectivity index (χ2v) is 6.02. The number of benzene rings is 1. The minimum absolute atomic E-state index is 0.379. The molecule has 2 nitrogen and oxygen atoms in total. The standard InChI is InChI=1S/C13H12BrIO2/c1-8(16)6-10-3-5-13(17-10)11-7-9(14)2-4-12(11)15/h2-5,7-8,16H,6H2,1H3. The molecule has 1 aromatic heterocycles. The Kier molecular flexibility index (Phi) is 4.27. The highest BCUT2D eigenvalue weighted by Crippen LogP contribution is 2.30. The summed E-state index contributed by atoms with van der Waals surface area (Å²) in [6, 6.07) is 9.94. The van der Waals surface area contributed by atoms with Crippen molar-refractivity contribution in [3.63, 3.8) is 0 Å². The highest BCUT2D eigenvalue weighted by atomic mass is 127. The molecule has 2 rings (SSSR count). The molecule has 1 unspecified atom stereocenters. The summed E-state index contributed by atoms with van der Waals surface area (Å²) in [5.74, 6) is 1.65. The van der Waals surface area contributed by atoms with E-state index in [0.717, 1.165) is 25.1 Å². The monoisotopic (exact) mass is 406 g/mol. The van der Waals surface area contributed by atoms with Crippen molar-refractivity contribution in [3.8, 4) is 11.3 Å². The van der Waals surface area contributed by atoms with Crippen molar-refractivity contribution in [2.24, 2.45) is 0 Å². The fraction of sp³-hybridized carbons (Fsp3) is 0.231. The van der Waals surface area contributed by atoms with E-state index in [4.69, 9.17) is 4.42 Å². The van der Waals surface area contributed by atoms with Gasteiger partial charge in [-0.3, -0.25) is 0 Å². The van der Waals surface area contributed by atoms with Crippen LogP contribution in [-0.2, 0) is 6.42 Å². The second-order valence-electron chi connectivity index (χ2n) is 3.94. The van der Waals surface area contributed by atoms with E-state index < -0.39 is 0 Å². The number of hydrogen-bond donors (Lipinski definition) is 1. The van der Waals surface area contributed by atoms with Gasteiger partial charge in [-0.1, -0.05) is 15.9 Å². The fourth-order valence-corrected chi connectivity index (χ4v) is 2.57. The van der Waals surface area contributed by atoms with Gasteiger partial charge in [0, 0.05) is 20.0 Å². The molecule has 4 heteroatoms. The van der Waals surface area contributed by atoms with Gasteiger partial charge < -0.3 is 9.52 Å². The maximum absolute atomic E-state index is 9.32. The molecule has 0 aliphatic carbocycles. The summed E-state index contributed by atoms with van der Waals surface area (Å²) in [4.78, 5) is 0. The van der Waals surface area contributed by atoms with E-state index >= 15 is 0 Å². The molecular weight excluding hydrogens is 395 g/mol. The first kappa shape index (κ1) is 13.1. The topological polar surface area (TPSA) is 33.4 Å². The zero-order valence-corrected chi connectivity index (χ0v) is 13.0. The number of rotatable bonds is 3. The third-order valence-electron chi connectivity index (χ3n) is 2.35. The summed E-state index contributed by atoms with van der Waals surface area (Å²) in [5, 5.41) is 9.32. The third kappa shape index (κ3) is 3.33. The SMILES string of the molecule is CC(O)Cc1ccc(-c2cc(Br)ccc2I)o1. The van der Waals surface area contributed by atoms with Crippen LogP contribution in [0.5, 0.6) is 0 Å². The average Bonchev–Trinajstić information content (AvgIpc) is 2.69. The van der Waals surface area contributed by atoms with E-state index in [-0.39, 0.29) is 6.10 Å². The maximum Gasteiger partial charge on any atom is 0.135 e. The Morgan fingerprint density at radius 2 is 2.12 bits per heavy atom. The molecule has 0 bridgehead atoms. The molecule has 0 radical (unpaired) electrons. The molecule has 0 aliphatic heterocycles. The molecule has 17 heavy (non-hydrogen) atoms. The van der Waals surface area contributed by atoms with E-state index in [9.17, 15) is 5.11 Å². The van der Waals surface area contributed by atoms with Crippen LogP contribution >= 0.6 is 38.5 Å². The van der Waals surface area contributed by atoms with Crippen molar-refractivity contribution in [2.75, 3.05) is 0 Å². The molecule has 0 spiro atoms. The van der Waals surface area contributed by atoms with Gasteiger partial charge in [0.05, 0.1) is 6.10 Å². The lowest BCUT2D eigenvalue weighted by molar-refractivity contribution is 0.187. The van der Waals surface area contributed by atoms with Crippen molar-refractivity contribution in [2.45, 2.75) is 19.4 Å². The normalized spacial score (nSPS) is 12.7. The summed E-state index contributed by atoms with van der Waals surface area (Å²) in [5.41, 5.74) is 1.07. The van der Waals surface area contributed by atoms with Crippen LogP contribution in [0, 0.1) is 3.57 Å². The van der Waals surface area contributed by atoms with Crippen LogP contribution in [0.1, 0.15) is 12.7 Å². The van der Waals surface area contributed by atoms with Crippen molar-refractivity contribution in [1.29, 1.82) is 0 Å². The molecule has 2 aromatic rings. The van der Waals surface area contributed by atoms with Crippen molar-refractivity contribution >= 4 is 38.5 Å². The Morgan fingerprint density at radius 3 is 2.82 bits per heavy atom. The molecule has 1 aromatic carbocycles. The maximum atomic E-state index is 9.32. The zero-order valence-electron chi connectivity index (χ0n) is 9.28. The van der Waals surface area contributed by atoms with Crippen LogP contribution in [0.2, 0.25) is 0 Å². The van der Waals surface area contributed by atoms with Gasteiger partial charge in [-0.15, -0.1) is 0 Å². The van der Waals surface area contributed by atoms with Crippen LogP contribution in [0.3, 0.4) is 0 Å². The second kappa shape index (κ2) is 5.54. The Labute approximate surface area is 122 Å². The molecule has 1 N–H and O–H groups in total. The van der Waals surface area contributed by atoms with Crippen LogP contribution in [0.4, 0.5) is 0 Å². The molecule has 90 valence electrons. The molecule has 0 saturated heterocycles. The minimum atomic E-state index is -0.379.